The number of ether oxygens (including phenoxy) is 1. The average molecular weight is 171 g/mol. The number of hydrogen-bond donors (Lipinski definition) is 1. The summed E-state index contributed by atoms with van der Waals surface area (Å²) in [7, 11) is 1.44. The number of carbonyl (C=O) groups is 1. The topological polar surface area (TPSA) is 52.3 Å². The van der Waals surface area contributed by atoms with Crippen molar-refractivity contribution in [2.45, 2.75) is 38.1 Å². The first-order valence-electron chi connectivity index (χ1n) is 4.54. The van der Waals surface area contributed by atoms with Crippen molar-refractivity contribution >= 4 is 5.97 Å². The van der Waals surface area contributed by atoms with Crippen molar-refractivity contribution in [2.24, 2.45) is 11.7 Å². The highest BCUT2D eigenvalue weighted by molar-refractivity contribution is 5.69. The van der Waals surface area contributed by atoms with Gasteiger partial charge in [-0.25, -0.2) is 0 Å². The average Bonchev–Trinajstić information content (AvgIpc) is 2.09. The van der Waals surface area contributed by atoms with Crippen LogP contribution in [0, 0.1) is 5.92 Å². The van der Waals surface area contributed by atoms with Gasteiger partial charge < -0.3 is 10.5 Å². The molecule has 0 aromatic heterocycles. The van der Waals surface area contributed by atoms with Crippen molar-refractivity contribution in [2.75, 3.05) is 7.11 Å². The van der Waals surface area contributed by atoms with Gasteiger partial charge in [0, 0.05) is 12.5 Å². The Bertz CT molecular complexity index is 151. The maximum absolute atomic E-state index is 10.9. The van der Waals surface area contributed by atoms with E-state index in [9.17, 15) is 4.79 Å². The van der Waals surface area contributed by atoms with Crippen LogP contribution in [-0.2, 0) is 9.53 Å². The molecule has 0 unspecified atom stereocenters. The largest absolute Gasteiger partial charge is 0.469 e. The molecule has 0 aromatic carbocycles. The molecule has 1 aliphatic carbocycles. The summed E-state index contributed by atoms with van der Waals surface area (Å²) in [6, 6.07) is 0.360. The molecule has 0 aliphatic heterocycles. The lowest BCUT2D eigenvalue weighted by Crippen LogP contribution is -2.27. The molecule has 0 spiro atoms. The van der Waals surface area contributed by atoms with Crippen molar-refractivity contribution < 1.29 is 9.53 Å². The quantitative estimate of drug-likeness (QED) is 0.632. The molecule has 1 aliphatic rings. The number of esters is 1. The minimum Gasteiger partial charge on any atom is -0.469 e. The predicted molar refractivity (Wildman–Crippen MR) is 46.6 cm³/mol. The van der Waals surface area contributed by atoms with Gasteiger partial charge in [0.15, 0.2) is 0 Å². The van der Waals surface area contributed by atoms with E-state index in [1.165, 1.54) is 7.11 Å². The number of rotatable bonds is 2. The Morgan fingerprint density at radius 2 is 2.00 bits per heavy atom. The third-order valence-electron chi connectivity index (χ3n) is 2.57. The molecule has 0 heterocycles. The molecule has 0 radical (unpaired) electrons. The Balaban J connectivity index is 2.21. The zero-order valence-corrected chi connectivity index (χ0v) is 7.58. The van der Waals surface area contributed by atoms with Gasteiger partial charge in [-0.1, -0.05) is 0 Å². The lowest BCUT2D eigenvalue weighted by Gasteiger charge is -2.24. The van der Waals surface area contributed by atoms with Crippen molar-refractivity contribution in [1.29, 1.82) is 0 Å². The highest BCUT2D eigenvalue weighted by Crippen LogP contribution is 2.25. The molecule has 0 atom stereocenters. The summed E-state index contributed by atoms with van der Waals surface area (Å²) in [5.41, 5.74) is 5.74. The Kier molecular flexibility index (Phi) is 3.53. The van der Waals surface area contributed by atoms with Crippen LogP contribution in [0.1, 0.15) is 32.1 Å². The summed E-state index contributed by atoms with van der Waals surface area (Å²) in [5.74, 6) is 0.424. The van der Waals surface area contributed by atoms with Crippen LogP contribution in [0.3, 0.4) is 0 Å². The molecule has 2 N–H and O–H groups in total. The minimum atomic E-state index is -0.0875. The second kappa shape index (κ2) is 4.45. The number of methoxy groups -OCH3 is 1. The molecule has 12 heavy (non-hydrogen) atoms. The smallest absolute Gasteiger partial charge is 0.305 e. The number of nitrogens with two attached hydrogens (primary N) is 1. The van der Waals surface area contributed by atoms with E-state index in [4.69, 9.17) is 5.73 Å². The van der Waals surface area contributed by atoms with Gasteiger partial charge in [0.05, 0.1) is 7.11 Å². The standard InChI is InChI=1S/C9H17NO2/c1-12-9(11)6-7-2-4-8(10)5-3-7/h7-8H,2-6,10H2,1H3/t7-,8-. The summed E-state index contributed by atoms with van der Waals surface area (Å²) in [6.07, 6.45) is 4.85. The molecular formula is C9H17NO2. The molecule has 0 bridgehead atoms. The van der Waals surface area contributed by atoms with Crippen LogP contribution in [0.2, 0.25) is 0 Å². The zero-order valence-electron chi connectivity index (χ0n) is 7.58. The number of carbonyl (C=O) groups excluding carboxylic acids is 1. The van der Waals surface area contributed by atoms with Gasteiger partial charge in [-0.2, -0.15) is 0 Å². The second-order valence-corrected chi connectivity index (χ2v) is 3.56. The van der Waals surface area contributed by atoms with E-state index >= 15 is 0 Å². The molecule has 0 amide bonds. The SMILES string of the molecule is COC(=O)C[C@H]1CC[C@H](N)CC1. The Hall–Kier alpha value is -0.570. The fourth-order valence-electron chi connectivity index (χ4n) is 1.71. The summed E-state index contributed by atoms with van der Waals surface area (Å²) >= 11 is 0. The molecule has 0 aromatic rings. The minimum absolute atomic E-state index is 0.0875. The van der Waals surface area contributed by atoms with Crippen molar-refractivity contribution in [3.8, 4) is 0 Å². The number of hydrogen-bond acceptors (Lipinski definition) is 3. The van der Waals surface area contributed by atoms with Crippen LogP contribution < -0.4 is 5.73 Å². The van der Waals surface area contributed by atoms with Crippen LogP contribution >= 0.6 is 0 Å². The Morgan fingerprint density at radius 3 is 2.50 bits per heavy atom. The third-order valence-corrected chi connectivity index (χ3v) is 2.57. The van der Waals surface area contributed by atoms with E-state index in [2.05, 4.69) is 4.74 Å². The maximum Gasteiger partial charge on any atom is 0.305 e. The summed E-state index contributed by atoms with van der Waals surface area (Å²) in [4.78, 5) is 10.9. The lowest BCUT2D eigenvalue weighted by molar-refractivity contribution is -0.142. The fraction of sp³-hybridized carbons (Fsp3) is 0.889. The first kappa shape index (κ1) is 9.52. The van der Waals surface area contributed by atoms with E-state index in [1.54, 1.807) is 0 Å². The molecule has 3 nitrogen and oxygen atoms in total. The van der Waals surface area contributed by atoms with Gasteiger partial charge in [0.2, 0.25) is 0 Å². The molecule has 1 fully saturated rings. The summed E-state index contributed by atoms with van der Waals surface area (Å²) in [6.45, 7) is 0. The van der Waals surface area contributed by atoms with E-state index in [-0.39, 0.29) is 5.97 Å². The second-order valence-electron chi connectivity index (χ2n) is 3.56. The lowest BCUT2D eigenvalue weighted by atomic mass is 9.84. The summed E-state index contributed by atoms with van der Waals surface area (Å²) < 4.78 is 4.61. The van der Waals surface area contributed by atoms with E-state index in [0.717, 1.165) is 25.7 Å². The first-order chi connectivity index (χ1) is 5.72. The van der Waals surface area contributed by atoms with E-state index in [1.807, 2.05) is 0 Å². The van der Waals surface area contributed by atoms with E-state index in [0.29, 0.717) is 18.4 Å². The first-order valence-corrected chi connectivity index (χ1v) is 4.54. The van der Waals surface area contributed by atoms with Crippen molar-refractivity contribution in [3.05, 3.63) is 0 Å². The molecule has 1 saturated carbocycles. The van der Waals surface area contributed by atoms with Crippen LogP contribution in [0.25, 0.3) is 0 Å². The van der Waals surface area contributed by atoms with E-state index < -0.39 is 0 Å². The maximum atomic E-state index is 10.9. The van der Waals surface area contributed by atoms with Gasteiger partial charge in [-0.05, 0) is 31.6 Å². The normalized spacial score (nSPS) is 29.8. The third kappa shape index (κ3) is 2.81. The monoisotopic (exact) mass is 171 g/mol. The van der Waals surface area contributed by atoms with Crippen LogP contribution in [0.15, 0.2) is 0 Å². The van der Waals surface area contributed by atoms with Crippen molar-refractivity contribution in [3.63, 3.8) is 0 Å². The van der Waals surface area contributed by atoms with Crippen LogP contribution in [0.5, 0.6) is 0 Å². The zero-order chi connectivity index (χ0) is 8.97. The molecule has 0 saturated heterocycles. The van der Waals surface area contributed by atoms with Gasteiger partial charge >= 0.3 is 5.97 Å². The molecule has 3 heteroatoms. The highest BCUT2D eigenvalue weighted by Gasteiger charge is 2.20. The van der Waals surface area contributed by atoms with Gasteiger partial charge in [0.1, 0.15) is 0 Å². The van der Waals surface area contributed by atoms with Gasteiger partial charge in [0.25, 0.3) is 0 Å². The summed E-state index contributed by atoms with van der Waals surface area (Å²) in [5, 5.41) is 0. The van der Waals surface area contributed by atoms with Crippen LogP contribution in [-0.4, -0.2) is 19.1 Å². The van der Waals surface area contributed by atoms with Gasteiger partial charge in [-0.15, -0.1) is 0 Å². The van der Waals surface area contributed by atoms with Crippen LogP contribution in [0.4, 0.5) is 0 Å². The Labute approximate surface area is 73.3 Å². The van der Waals surface area contributed by atoms with Crippen molar-refractivity contribution in [1.82, 2.24) is 0 Å². The predicted octanol–water partition coefficient (Wildman–Crippen LogP) is 1.07. The Morgan fingerprint density at radius 1 is 1.42 bits per heavy atom. The van der Waals surface area contributed by atoms with Gasteiger partial charge in [-0.3, -0.25) is 4.79 Å². The molecule has 70 valence electrons. The fourth-order valence-corrected chi connectivity index (χ4v) is 1.71. The highest BCUT2D eigenvalue weighted by atomic mass is 16.5. The molecule has 1 rings (SSSR count). The molecular weight excluding hydrogens is 154 g/mol.